The molecule has 0 unspecified atom stereocenters. The molecule has 0 fully saturated rings. The predicted molar refractivity (Wildman–Crippen MR) is 51.6 cm³/mol. The van der Waals surface area contributed by atoms with Crippen molar-refractivity contribution in [3.8, 4) is 0 Å². The fourth-order valence-electron chi connectivity index (χ4n) is 1.25. The van der Waals surface area contributed by atoms with Gasteiger partial charge in [0.05, 0.1) is 4.70 Å². The third-order valence-electron chi connectivity index (χ3n) is 1.94. The van der Waals surface area contributed by atoms with E-state index in [-0.39, 0.29) is 15.5 Å². The molecule has 0 aliphatic rings. The van der Waals surface area contributed by atoms with E-state index in [0.29, 0.717) is 0 Å². The summed E-state index contributed by atoms with van der Waals surface area (Å²) in [6.07, 6.45) is 0. The molecular weight excluding hydrogens is 209 g/mol. The highest BCUT2D eigenvalue weighted by atomic mass is 32.1. The maximum Gasteiger partial charge on any atom is 0.491 e. The summed E-state index contributed by atoms with van der Waals surface area (Å²) in [5.74, 6) is -1.27. The van der Waals surface area contributed by atoms with Crippen LogP contribution in [-0.4, -0.2) is 17.2 Å². The van der Waals surface area contributed by atoms with E-state index in [1.165, 1.54) is 11.4 Å². The molecule has 0 aliphatic carbocycles. The molecule has 2 rings (SSSR count). The summed E-state index contributed by atoms with van der Waals surface area (Å²) in [6, 6.07) is 2.50. The molecule has 2 N–H and O–H groups in total. The molecule has 1 heterocycles. The molecule has 72 valence electrons. The number of halogens is 2. The van der Waals surface area contributed by atoms with Crippen LogP contribution in [0.1, 0.15) is 0 Å². The Bertz CT molecular complexity index is 483. The van der Waals surface area contributed by atoms with Crippen LogP contribution in [0.25, 0.3) is 10.1 Å². The van der Waals surface area contributed by atoms with Crippen molar-refractivity contribution in [3.63, 3.8) is 0 Å². The SMILES string of the molecule is OB(O)c1ccc2c(F)csc2c1F. The second kappa shape index (κ2) is 3.31. The maximum atomic E-state index is 13.5. The Kier molecular flexibility index (Phi) is 2.26. The van der Waals surface area contributed by atoms with Crippen LogP contribution < -0.4 is 5.46 Å². The number of benzene rings is 1. The second-order valence-electron chi connectivity index (χ2n) is 2.80. The van der Waals surface area contributed by atoms with Crippen LogP contribution in [-0.2, 0) is 0 Å². The zero-order valence-corrected chi connectivity index (χ0v) is 7.68. The van der Waals surface area contributed by atoms with Gasteiger partial charge in [-0.1, -0.05) is 12.1 Å². The van der Waals surface area contributed by atoms with E-state index >= 15 is 0 Å². The predicted octanol–water partition coefficient (Wildman–Crippen LogP) is 0.859. The van der Waals surface area contributed by atoms with Gasteiger partial charge in [-0.2, -0.15) is 0 Å². The molecular formula is C8H5BF2O2S. The molecule has 0 saturated carbocycles. The summed E-state index contributed by atoms with van der Waals surface area (Å²) in [7, 11) is -1.87. The summed E-state index contributed by atoms with van der Waals surface area (Å²) >= 11 is 0.900. The van der Waals surface area contributed by atoms with Gasteiger partial charge >= 0.3 is 7.12 Å². The Morgan fingerprint density at radius 1 is 1.21 bits per heavy atom. The number of hydrogen-bond acceptors (Lipinski definition) is 3. The Labute approximate surface area is 82.6 Å². The molecule has 14 heavy (non-hydrogen) atoms. The van der Waals surface area contributed by atoms with E-state index in [1.807, 2.05) is 0 Å². The Morgan fingerprint density at radius 2 is 1.93 bits per heavy atom. The van der Waals surface area contributed by atoms with Crippen molar-refractivity contribution in [2.75, 3.05) is 0 Å². The standard InChI is InChI=1S/C8H5BF2O2S/c10-6-3-14-8-4(6)1-2-5(7(8)11)9(12)13/h1-3,12-13H. The van der Waals surface area contributed by atoms with Crippen LogP contribution in [0, 0.1) is 11.6 Å². The summed E-state index contributed by atoms with van der Waals surface area (Å²) < 4.78 is 26.5. The van der Waals surface area contributed by atoms with Crippen molar-refractivity contribution in [2.45, 2.75) is 0 Å². The third kappa shape index (κ3) is 1.32. The highest BCUT2D eigenvalue weighted by molar-refractivity contribution is 7.17. The van der Waals surface area contributed by atoms with Crippen LogP contribution in [0.5, 0.6) is 0 Å². The van der Waals surface area contributed by atoms with Gasteiger partial charge in [0, 0.05) is 16.2 Å². The Balaban J connectivity index is 2.76. The Hall–Kier alpha value is -0.975. The van der Waals surface area contributed by atoms with E-state index in [0.717, 1.165) is 17.4 Å². The lowest BCUT2D eigenvalue weighted by atomic mass is 9.80. The second-order valence-corrected chi connectivity index (χ2v) is 3.68. The first-order valence-corrected chi connectivity index (χ1v) is 4.70. The van der Waals surface area contributed by atoms with Crippen molar-refractivity contribution in [2.24, 2.45) is 0 Å². The molecule has 0 atom stereocenters. The first-order chi connectivity index (χ1) is 6.61. The lowest BCUT2D eigenvalue weighted by Crippen LogP contribution is -2.32. The van der Waals surface area contributed by atoms with Crippen LogP contribution >= 0.6 is 11.3 Å². The van der Waals surface area contributed by atoms with Gasteiger partial charge in [-0.25, -0.2) is 8.78 Å². The van der Waals surface area contributed by atoms with Crippen molar-refractivity contribution < 1.29 is 18.8 Å². The number of rotatable bonds is 1. The number of fused-ring (bicyclic) bond motifs is 1. The van der Waals surface area contributed by atoms with E-state index in [4.69, 9.17) is 10.0 Å². The smallest absolute Gasteiger partial charge is 0.423 e. The largest absolute Gasteiger partial charge is 0.491 e. The highest BCUT2D eigenvalue weighted by Crippen LogP contribution is 2.26. The molecule has 0 saturated heterocycles. The fourth-order valence-corrected chi connectivity index (χ4v) is 2.11. The third-order valence-corrected chi connectivity index (χ3v) is 2.90. The maximum absolute atomic E-state index is 13.5. The molecule has 2 nitrogen and oxygen atoms in total. The van der Waals surface area contributed by atoms with Crippen LogP contribution in [0.3, 0.4) is 0 Å². The molecule has 0 aliphatic heterocycles. The summed E-state index contributed by atoms with van der Waals surface area (Å²) in [4.78, 5) is 0. The quantitative estimate of drug-likeness (QED) is 0.691. The fraction of sp³-hybridized carbons (Fsp3) is 0. The minimum absolute atomic E-state index is 0.105. The van der Waals surface area contributed by atoms with E-state index in [2.05, 4.69) is 0 Å². The van der Waals surface area contributed by atoms with E-state index in [1.54, 1.807) is 0 Å². The summed E-state index contributed by atoms with van der Waals surface area (Å²) in [5.41, 5.74) is -0.237. The lowest BCUT2D eigenvalue weighted by Gasteiger charge is -2.01. The van der Waals surface area contributed by atoms with Gasteiger partial charge in [0.15, 0.2) is 0 Å². The molecule has 1 aromatic heterocycles. The first-order valence-electron chi connectivity index (χ1n) is 3.82. The minimum atomic E-state index is -1.87. The molecule has 0 radical (unpaired) electrons. The molecule has 0 bridgehead atoms. The minimum Gasteiger partial charge on any atom is -0.423 e. The molecule has 2 aromatic rings. The van der Waals surface area contributed by atoms with Gasteiger partial charge in [0.1, 0.15) is 11.6 Å². The monoisotopic (exact) mass is 214 g/mol. The topological polar surface area (TPSA) is 40.5 Å². The summed E-state index contributed by atoms with van der Waals surface area (Å²) in [5, 5.41) is 18.9. The summed E-state index contributed by atoms with van der Waals surface area (Å²) in [6.45, 7) is 0. The van der Waals surface area contributed by atoms with E-state index in [9.17, 15) is 8.78 Å². The zero-order chi connectivity index (χ0) is 10.3. The number of hydrogen-bond donors (Lipinski definition) is 2. The zero-order valence-electron chi connectivity index (χ0n) is 6.87. The van der Waals surface area contributed by atoms with Crippen molar-refractivity contribution in [1.82, 2.24) is 0 Å². The van der Waals surface area contributed by atoms with Crippen molar-refractivity contribution in [1.29, 1.82) is 0 Å². The van der Waals surface area contributed by atoms with Crippen molar-refractivity contribution >= 4 is 34.0 Å². The average molecular weight is 214 g/mol. The van der Waals surface area contributed by atoms with Gasteiger partial charge in [0.25, 0.3) is 0 Å². The van der Waals surface area contributed by atoms with E-state index < -0.39 is 18.8 Å². The lowest BCUT2D eigenvalue weighted by molar-refractivity contribution is 0.423. The van der Waals surface area contributed by atoms with Gasteiger partial charge in [-0.05, 0) is 0 Å². The number of thiophene rings is 1. The first kappa shape index (κ1) is 9.58. The van der Waals surface area contributed by atoms with Gasteiger partial charge in [0.2, 0.25) is 0 Å². The highest BCUT2D eigenvalue weighted by Gasteiger charge is 2.20. The van der Waals surface area contributed by atoms with Crippen molar-refractivity contribution in [3.05, 3.63) is 29.1 Å². The van der Waals surface area contributed by atoms with Crippen LogP contribution in [0.15, 0.2) is 17.5 Å². The molecule has 0 spiro atoms. The normalized spacial score (nSPS) is 10.9. The molecule has 6 heteroatoms. The Morgan fingerprint density at radius 3 is 2.57 bits per heavy atom. The van der Waals surface area contributed by atoms with Crippen LogP contribution in [0.4, 0.5) is 8.78 Å². The molecule has 0 amide bonds. The van der Waals surface area contributed by atoms with Gasteiger partial charge < -0.3 is 10.0 Å². The molecule has 1 aromatic carbocycles. The van der Waals surface area contributed by atoms with Gasteiger partial charge in [-0.3, -0.25) is 0 Å². The van der Waals surface area contributed by atoms with Crippen LogP contribution in [0.2, 0.25) is 0 Å². The average Bonchev–Trinajstić information content (AvgIpc) is 2.49. The van der Waals surface area contributed by atoms with Gasteiger partial charge in [-0.15, -0.1) is 11.3 Å².